The van der Waals surface area contributed by atoms with Crippen molar-refractivity contribution < 1.29 is 14.3 Å². The van der Waals surface area contributed by atoms with Crippen molar-refractivity contribution in [3.05, 3.63) is 59.2 Å². The lowest BCUT2D eigenvalue weighted by Gasteiger charge is -2.20. The van der Waals surface area contributed by atoms with E-state index in [1.165, 1.54) is 7.11 Å². The number of methoxy groups -OCH3 is 1. The number of amides is 2. The number of para-hydroxylation sites is 1. The molecule has 5 nitrogen and oxygen atoms in total. The molecule has 2 N–H and O–H groups in total. The molecule has 0 aromatic heterocycles. The Morgan fingerprint density at radius 3 is 2.14 bits per heavy atom. The van der Waals surface area contributed by atoms with E-state index in [0.717, 1.165) is 4.90 Å². The van der Waals surface area contributed by atoms with Crippen molar-refractivity contribution in [1.82, 2.24) is 0 Å². The van der Waals surface area contributed by atoms with Crippen LogP contribution in [-0.2, 0) is 0 Å². The summed E-state index contributed by atoms with van der Waals surface area (Å²) in [5.41, 5.74) is 7.14. The monoisotopic (exact) mass is 312 g/mol. The summed E-state index contributed by atoms with van der Waals surface area (Å²) >= 11 is 5.03. The van der Waals surface area contributed by atoms with Crippen LogP contribution in [0.1, 0.15) is 26.3 Å². The number of nitrogens with zero attached hydrogens (tertiary/aromatic N) is 1. The van der Waals surface area contributed by atoms with Gasteiger partial charge in [-0.15, -0.1) is 0 Å². The lowest BCUT2D eigenvalue weighted by atomic mass is 10.1. The molecule has 1 aliphatic heterocycles. The van der Waals surface area contributed by atoms with Gasteiger partial charge in [0, 0.05) is 5.56 Å². The highest BCUT2D eigenvalue weighted by Crippen LogP contribution is 2.37. The molecule has 0 saturated heterocycles. The Balaban J connectivity index is 2.24. The predicted octanol–water partition coefficient (Wildman–Crippen LogP) is 2.13. The van der Waals surface area contributed by atoms with Gasteiger partial charge in [-0.25, -0.2) is 4.90 Å². The second kappa shape index (κ2) is 5.23. The fourth-order valence-corrected chi connectivity index (χ4v) is 2.67. The maximum atomic E-state index is 12.6. The molecule has 110 valence electrons. The van der Waals surface area contributed by atoms with Crippen molar-refractivity contribution in [3.63, 3.8) is 0 Å². The third-order valence-electron chi connectivity index (χ3n) is 3.50. The molecule has 1 heterocycles. The van der Waals surface area contributed by atoms with Crippen LogP contribution in [0, 0.1) is 0 Å². The number of hydrogen-bond donors (Lipinski definition) is 1. The molecule has 0 unspecified atom stereocenters. The number of benzene rings is 2. The first-order valence-corrected chi connectivity index (χ1v) is 6.91. The van der Waals surface area contributed by atoms with E-state index < -0.39 is 11.8 Å². The minimum absolute atomic E-state index is 0.0884. The molecule has 0 bridgehead atoms. The van der Waals surface area contributed by atoms with Crippen molar-refractivity contribution in [2.24, 2.45) is 5.73 Å². The summed E-state index contributed by atoms with van der Waals surface area (Å²) in [6.07, 6.45) is 0. The molecule has 0 fully saturated rings. The van der Waals surface area contributed by atoms with E-state index in [2.05, 4.69) is 0 Å². The fraction of sp³-hybridized carbons (Fsp3) is 0.0625. The van der Waals surface area contributed by atoms with E-state index in [4.69, 9.17) is 22.7 Å². The molecule has 2 aromatic carbocycles. The van der Waals surface area contributed by atoms with Gasteiger partial charge in [0.05, 0.1) is 18.2 Å². The standard InChI is InChI=1S/C16H12N2O3S/c1-21-12-8-4-7-11(14(17)22)13(12)18-15(19)9-5-2-3-6-10(9)16(18)20/h2-8H,1H3,(H2,17,22). The first-order chi connectivity index (χ1) is 10.6. The number of hydrogen-bond acceptors (Lipinski definition) is 4. The number of fused-ring (bicyclic) bond motifs is 1. The Labute approximate surface area is 132 Å². The Bertz CT molecular complexity index is 782. The number of nitrogens with two attached hydrogens (primary N) is 1. The number of anilines is 1. The van der Waals surface area contributed by atoms with Crippen LogP contribution in [0.3, 0.4) is 0 Å². The zero-order valence-electron chi connectivity index (χ0n) is 11.7. The SMILES string of the molecule is COc1cccc(C(N)=S)c1N1C(=O)c2ccccc2C1=O. The van der Waals surface area contributed by atoms with E-state index in [0.29, 0.717) is 22.4 Å². The molecule has 0 atom stereocenters. The van der Waals surface area contributed by atoms with Crippen LogP contribution in [-0.4, -0.2) is 23.9 Å². The van der Waals surface area contributed by atoms with Gasteiger partial charge in [-0.2, -0.15) is 0 Å². The maximum Gasteiger partial charge on any atom is 0.266 e. The normalized spacial score (nSPS) is 13.2. The molecule has 0 aliphatic carbocycles. The molecule has 0 spiro atoms. The third kappa shape index (κ3) is 1.96. The quantitative estimate of drug-likeness (QED) is 0.694. The van der Waals surface area contributed by atoms with Crippen molar-refractivity contribution >= 4 is 34.7 Å². The van der Waals surface area contributed by atoms with Crippen LogP contribution < -0.4 is 15.4 Å². The smallest absolute Gasteiger partial charge is 0.266 e. The maximum absolute atomic E-state index is 12.6. The summed E-state index contributed by atoms with van der Waals surface area (Å²) in [6, 6.07) is 11.7. The first kappa shape index (κ1) is 14.2. The van der Waals surface area contributed by atoms with Gasteiger partial charge in [0.2, 0.25) is 0 Å². The van der Waals surface area contributed by atoms with Gasteiger partial charge < -0.3 is 10.5 Å². The fourth-order valence-electron chi connectivity index (χ4n) is 2.51. The van der Waals surface area contributed by atoms with Gasteiger partial charge in [0.15, 0.2) is 0 Å². The number of carbonyl (C=O) groups is 2. The zero-order chi connectivity index (χ0) is 15.9. The van der Waals surface area contributed by atoms with Crippen molar-refractivity contribution in [2.75, 3.05) is 12.0 Å². The minimum Gasteiger partial charge on any atom is -0.495 e. The summed E-state index contributed by atoms with van der Waals surface area (Å²) in [6.45, 7) is 0. The van der Waals surface area contributed by atoms with Gasteiger partial charge in [-0.1, -0.05) is 30.4 Å². The highest BCUT2D eigenvalue weighted by molar-refractivity contribution is 7.80. The van der Waals surface area contributed by atoms with E-state index in [1.54, 1.807) is 42.5 Å². The van der Waals surface area contributed by atoms with Crippen molar-refractivity contribution in [3.8, 4) is 5.75 Å². The van der Waals surface area contributed by atoms with Gasteiger partial charge >= 0.3 is 0 Å². The van der Waals surface area contributed by atoms with Crippen LogP contribution in [0.25, 0.3) is 0 Å². The largest absolute Gasteiger partial charge is 0.495 e. The predicted molar refractivity (Wildman–Crippen MR) is 86.5 cm³/mol. The lowest BCUT2D eigenvalue weighted by molar-refractivity contribution is 0.0925. The average molecular weight is 312 g/mol. The van der Waals surface area contributed by atoms with Crippen LogP contribution in [0.4, 0.5) is 5.69 Å². The van der Waals surface area contributed by atoms with Crippen LogP contribution in [0.2, 0.25) is 0 Å². The molecule has 1 aliphatic rings. The average Bonchev–Trinajstić information content (AvgIpc) is 2.78. The van der Waals surface area contributed by atoms with Crippen LogP contribution >= 0.6 is 12.2 Å². The van der Waals surface area contributed by atoms with E-state index in [9.17, 15) is 9.59 Å². The molecular formula is C16H12N2O3S. The topological polar surface area (TPSA) is 72.6 Å². The number of rotatable bonds is 3. The van der Waals surface area contributed by atoms with Gasteiger partial charge in [0.25, 0.3) is 11.8 Å². The van der Waals surface area contributed by atoms with Crippen LogP contribution in [0.15, 0.2) is 42.5 Å². The first-order valence-electron chi connectivity index (χ1n) is 6.51. The second-order valence-electron chi connectivity index (χ2n) is 4.71. The van der Waals surface area contributed by atoms with Gasteiger partial charge in [0.1, 0.15) is 16.4 Å². The molecule has 0 radical (unpaired) electrons. The molecule has 22 heavy (non-hydrogen) atoms. The summed E-state index contributed by atoms with van der Waals surface area (Å²) < 4.78 is 5.28. The van der Waals surface area contributed by atoms with Crippen LogP contribution in [0.5, 0.6) is 5.75 Å². The van der Waals surface area contributed by atoms with Gasteiger partial charge in [-0.05, 0) is 24.3 Å². The Morgan fingerprint density at radius 2 is 1.64 bits per heavy atom. The Hall–Kier alpha value is -2.73. The number of imide groups is 1. The van der Waals surface area contributed by atoms with E-state index >= 15 is 0 Å². The van der Waals surface area contributed by atoms with E-state index in [1.807, 2.05) is 0 Å². The lowest BCUT2D eigenvalue weighted by Crippen LogP contribution is -2.32. The summed E-state index contributed by atoms with van der Waals surface area (Å²) in [7, 11) is 1.46. The molecule has 3 rings (SSSR count). The van der Waals surface area contributed by atoms with E-state index in [-0.39, 0.29) is 10.7 Å². The molecule has 2 amide bonds. The number of ether oxygens (including phenoxy) is 1. The Kier molecular flexibility index (Phi) is 3.38. The highest BCUT2D eigenvalue weighted by atomic mass is 32.1. The number of thiocarbonyl (C=S) groups is 1. The zero-order valence-corrected chi connectivity index (χ0v) is 12.5. The molecule has 0 saturated carbocycles. The summed E-state index contributed by atoms with van der Waals surface area (Å²) in [5.74, 6) is -0.468. The molecular weight excluding hydrogens is 300 g/mol. The highest BCUT2D eigenvalue weighted by Gasteiger charge is 2.39. The Morgan fingerprint density at radius 1 is 1.05 bits per heavy atom. The minimum atomic E-state index is -0.414. The second-order valence-corrected chi connectivity index (χ2v) is 5.15. The summed E-state index contributed by atoms with van der Waals surface area (Å²) in [5, 5.41) is 0. The van der Waals surface area contributed by atoms with Crippen molar-refractivity contribution in [1.29, 1.82) is 0 Å². The van der Waals surface area contributed by atoms with Crippen molar-refractivity contribution in [2.45, 2.75) is 0 Å². The third-order valence-corrected chi connectivity index (χ3v) is 3.72. The van der Waals surface area contributed by atoms with Gasteiger partial charge in [-0.3, -0.25) is 9.59 Å². The summed E-state index contributed by atoms with van der Waals surface area (Å²) in [4.78, 5) is 26.4. The molecule has 2 aromatic rings. The molecule has 6 heteroatoms. The number of carbonyl (C=O) groups excluding carboxylic acids is 2.